The predicted octanol–water partition coefficient (Wildman–Crippen LogP) is 5.23. The maximum absolute atomic E-state index is 5.63. The Balaban J connectivity index is 4.26. The first-order valence-corrected chi connectivity index (χ1v) is 10.2. The number of rotatable bonds is 6. The third-order valence-corrected chi connectivity index (χ3v) is 9.37. The van der Waals surface area contributed by atoms with Crippen LogP contribution in [-0.4, -0.2) is 21.8 Å². The summed E-state index contributed by atoms with van der Waals surface area (Å²) in [7, 11) is 0. The Bertz CT molecular complexity index is 232. The highest BCUT2D eigenvalue weighted by Gasteiger charge is 2.26. The van der Waals surface area contributed by atoms with E-state index in [2.05, 4.69) is 13.8 Å². The van der Waals surface area contributed by atoms with Gasteiger partial charge in [0.2, 0.25) is 3.79 Å². The van der Waals surface area contributed by atoms with Gasteiger partial charge in [0.05, 0.1) is 6.61 Å². The highest BCUT2D eigenvalue weighted by atomic mass is 35.6. The molecule has 0 spiro atoms. The van der Waals surface area contributed by atoms with Crippen molar-refractivity contribution in [3.63, 3.8) is 0 Å². The molecule has 2 atom stereocenters. The van der Waals surface area contributed by atoms with Crippen molar-refractivity contribution < 1.29 is 4.52 Å². The summed E-state index contributed by atoms with van der Waals surface area (Å²) in [5.41, 5.74) is -1.87. The topological polar surface area (TPSA) is 9.23 Å². The van der Waals surface area contributed by atoms with E-state index in [1.54, 1.807) is 11.4 Å². The third kappa shape index (κ3) is 8.54. The lowest BCUT2D eigenvalue weighted by Crippen LogP contribution is -2.12. The lowest BCUT2D eigenvalue weighted by molar-refractivity contribution is 0.368. The molecule has 0 fully saturated rings. The van der Waals surface area contributed by atoms with Gasteiger partial charge in [0.15, 0.2) is 0 Å². The molecule has 0 aromatic heterocycles. The normalized spacial score (nSPS) is 18.5. The molecule has 15 heavy (non-hydrogen) atoms. The van der Waals surface area contributed by atoms with Gasteiger partial charge in [0.25, 0.3) is 0 Å². The first-order valence-electron chi connectivity index (χ1n) is 4.71. The molecule has 2 unspecified atom stereocenters. The van der Waals surface area contributed by atoms with Crippen molar-refractivity contribution in [2.24, 2.45) is 0 Å². The van der Waals surface area contributed by atoms with Gasteiger partial charge < -0.3 is 4.52 Å². The van der Waals surface area contributed by atoms with Gasteiger partial charge in [-0.05, 0) is 6.42 Å². The average Bonchev–Trinajstić information content (AvgIpc) is 2.14. The average molecular weight is 330 g/mol. The summed E-state index contributed by atoms with van der Waals surface area (Å²) < 4.78 is 4.24. The standard InChI is InChI=1S/C8H16Cl3OPS2/c1-4-7(3)15-13(14,5-2)12-6-8(9,10)11/h7H,4-6H2,1-3H3. The molecular weight excluding hydrogens is 314 g/mol. The van der Waals surface area contributed by atoms with Crippen LogP contribution in [0, 0.1) is 0 Å². The Morgan fingerprint density at radius 2 is 1.93 bits per heavy atom. The zero-order valence-corrected chi connectivity index (χ0v) is 13.8. The fraction of sp³-hybridized carbons (Fsp3) is 1.00. The van der Waals surface area contributed by atoms with Crippen molar-refractivity contribution in [3.05, 3.63) is 0 Å². The molecule has 0 heterocycles. The second-order valence-electron chi connectivity index (χ2n) is 3.14. The maximum atomic E-state index is 5.63. The van der Waals surface area contributed by atoms with Crippen molar-refractivity contribution in [1.82, 2.24) is 0 Å². The zero-order valence-electron chi connectivity index (χ0n) is 9.00. The summed E-state index contributed by atoms with van der Waals surface area (Å²) in [6.07, 6.45) is 1.89. The molecule has 0 N–H and O–H groups in total. The van der Waals surface area contributed by atoms with Gasteiger partial charge in [0, 0.05) is 11.4 Å². The van der Waals surface area contributed by atoms with E-state index in [9.17, 15) is 0 Å². The third-order valence-electron chi connectivity index (χ3n) is 1.73. The van der Waals surface area contributed by atoms with Crippen molar-refractivity contribution >= 4 is 63.5 Å². The minimum atomic E-state index is -1.87. The summed E-state index contributed by atoms with van der Waals surface area (Å²) in [6, 6.07) is 0. The molecule has 0 bridgehead atoms. The van der Waals surface area contributed by atoms with Gasteiger partial charge in [-0.2, -0.15) is 0 Å². The Kier molecular flexibility index (Phi) is 8.20. The molecule has 0 saturated heterocycles. The molecule has 0 aromatic carbocycles. The molecule has 0 aliphatic rings. The largest absolute Gasteiger partial charge is 0.337 e. The number of alkyl halides is 3. The molecule has 7 heteroatoms. The van der Waals surface area contributed by atoms with Crippen LogP contribution >= 0.6 is 51.7 Å². The summed E-state index contributed by atoms with van der Waals surface area (Å²) in [6.45, 7) is 6.36. The Hall–Kier alpha value is 1.83. The van der Waals surface area contributed by atoms with Crippen molar-refractivity contribution in [2.75, 3.05) is 12.8 Å². The van der Waals surface area contributed by atoms with Gasteiger partial charge >= 0.3 is 0 Å². The monoisotopic (exact) mass is 328 g/mol. The van der Waals surface area contributed by atoms with Gasteiger partial charge in [-0.15, -0.1) is 0 Å². The molecule has 0 aromatic rings. The van der Waals surface area contributed by atoms with E-state index in [-0.39, 0.29) is 6.61 Å². The minimum absolute atomic E-state index is 0.0756. The van der Waals surface area contributed by atoms with Crippen LogP contribution in [0.2, 0.25) is 0 Å². The lowest BCUT2D eigenvalue weighted by atomic mass is 10.4. The highest BCUT2D eigenvalue weighted by Crippen LogP contribution is 2.62. The van der Waals surface area contributed by atoms with Crippen LogP contribution in [0.1, 0.15) is 27.2 Å². The zero-order chi connectivity index (χ0) is 12.1. The van der Waals surface area contributed by atoms with E-state index < -0.39 is 9.26 Å². The lowest BCUT2D eigenvalue weighted by Gasteiger charge is -2.25. The van der Waals surface area contributed by atoms with Crippen molar-refractivity contribution in [2.45, 2.75) is 36.2 Å². The minimum Gasteiger partial charge on any atom is -0.337 e. The Labute approximate surface area is 116 Å². The summed E-state index contributed by atoms with van der Waals surface area (Å²) in [5.74, 6) is 0. The van der Waals surface area contributed by atoms with Crippen LogP contribution in [0.15, 0.2) is 0 Å². The van der Waals surface area contributed by atoms with Gasteiger partial charge in [0.1, 0.15) is 5.47 Å². The second-order valence-corrected chi connectivity index (χ2v) is 13.6. The van der Waals surface area contributed by atoms with E-state index in [1.165, 1.54) is 0 Å². The summed E-state index contributed by atoms with van der Waals surface area (Å²) in [4.78, 5) is 0. The second kappa shape index (κ2) is 7.31. The molecule has 92 valence electrons. The highest BCUT2D eigenvalue weighted by molar-refractivity contribution is 8.69. The van der Waals surface area contributed by atoms with Gasteiger partial charge in [-0.3, -0.25) is 0 Å². The number of halogens is 3. The van der Waals surface area contributed by atoms with Crippen molar-refractivity contribution in [1.29, 1.82) is 0 Å². The quantitative estimate of drug-likeness (QED) is 0.487. The molecule has 0 aliphatic heterocycles. The van der Waals surface area contributed by atoms with Crippen LogP contribution in [0.5, 0.6) is 0 Å². The van der Waals surface area contributed by atoms with E-state index in [0.717, 1.165) is 12.6 Å². The first kappa shape index (κ1) is 16.8. The smallest absolute Gasteiger partial charge is 0.213 e. The SMILES string of the molecule is CCC(C)SP(=S)(CC)OCC(Cl)(Cl)Cl. The van der Waals surface area contributed by atoms with Crippen LogP contribution in [0.25, 0.3) is 0 Å². The number of hydrogen-bond donors (Lipinski definition) is 0. The Morgan fingerprint density at radius 1 is 1.40 bits per heavy atom. The Morgan fingerprint density at radius 3 is 2.27 bits per heavy atom. The van der Waals surface area contributed by atoms with Crippen LogP contribution in [0.3, 0.4) is 0 Å². The van der Waals surface area contributed by atoms with E-state index >= 15 is 0 Å². The maximum Gasteiger partial charge on any atom is 0.213 e. The van der Waals surface area contributed by atoms with E-state index in [1.807, 2.05) is 6.92 Å². The van der Waals surface area contributed by atoms with Gasteiger partial charge in [-0.25, -0.2) is 0 Å². The fourth-order valence-corrected chi connectivity index (χ4v) is 6.95. The first-order chi connectivity index (χ1) is 6.72. The number of hydrogen-bond acceptors (Lipinski definition) is 3. The molecular formula is C8H16Cl3OPS2. The molecule has 1 nitrogen and oxygen atoms in total. The van der Waals surface area contributed by atoms with Crippen molar-refractivity contribution in [3.8, 4) is 0 Å². The molecule has 0 aliphatic carbocycles. The van der Waals surface area contributed by atoms with Crippen LogP contribution in [-0.2, 0) is 16.3 Å². The summed E-state index contributed by atoms with van der Waals surface area (Å²) in [5, 5.41) is 0.492. The molecule has 0 saturated carbocycles. The van der Waals surface area contributed by atoms with E-state index in [0.29, 0.717) is 5.25 Å². The fourth-order valence-electron chi connectivity index (χ4n) is 0.716. The van der Waals surface area contributed by atoms with Crippen LogP contribution < -0.4 is 0 Å². The summed E-state index contributed by atoms with van der Waals surface area (Å²) >= 11 is 24.1. The van der Waals surface area contributed by atoms with E-state index in [4.69, 9.17) is 51.1 Å². The predicted molar refractivity (Wildman–Crippen MR) is 78.4 cm³/mol. The molecule has 0 rings (SSSR count). The molecule has 0 amide bonds. The van der Waals surface area contributed by atoms with Crippen LogP contribution in [0.4, 0.5) is 0 Å². The molecule has 0 radical (unpaired) electrons. The van der Waals surface area contributed by atoms with Gasteiger partial charge in [-0.1, -0.05) is 78.8 Å².